The normalized spacial score (nSPS) is 12.7. The average molecular weight is 185 g/mol. The molecule has 0 aliphatic carbocycles. The Morgan fingerprint density at radius 2 is 2.30 bits per heavy atom. The number of carbonyl (C=O) groups is 1. The Morgan fingerprint density at radius 3 is 2.70 bits per heavy atom. The van der Waals surface area contributed by atoms with Gasteiger partial charge in [0.15, 0.2) is 0 Å². The van der Waals surface area contributed by atoms with Crippen molar-refractivity contribution in [2.24, 2.45) is 0 Å². The number of rotatable bonds is 4. The Bertz CT molecular complexity index is 106. The van der Waals surface area contributed by atoms with E-state index in [1.165, 1.54) is 7.11 Å². The maximum atomic E-state index is 10.6. The van der Waals surface area contributed by atoms with E-state index in [0.717, 1.165) is 6.42 Å². The second-order valence-corrected chi connectivity index (χ2v) is 2.73. The van der Waals surface area contributed by atoms with Crippen LogP contribution in [0.3, 0.4) is 0 Å². The van der Waals surface area contributed by atoms with Crippen LogP contribution in [0, 0.1) is 0 Å². The third kappa shape index (κ3) is 3.96. The summed E-state index contributed by atoms with van der Waals surface area (Å²) in [4.78, 5) is 10.6. The average Bonchev–Trinajstić information content (AvgIpc) is 1.98. The van der Waals surface area contributed by atoms with Crippen LogP contribution in [0.1, 0.15) is 12.8 Å². The third-order valence-electron chi connectivity index (χ3n) is 1.05. The standard InChI is InChI=1S/C6H10Cl2O2/c1-10-6(9)5(8)3-2-4-7/h5H,2-4H2,1H3. The molecule has 0 saturated carbocycles. The number of ether oxygens (including phenoxy) is 1. The first-order valence-electron chi connectivity index (χ1n) is 3.00. The first-order valence-corrected chi connectivity index (χ1v) is 3.97. The number of alkyl halides is 2. The highest BCUT2D eigenvalue weighted by molar-refractivity contribution is 6.29. The molecular weight excluding hydrogens is 175 g/mol. The predicted octanol–water partition coefficient (Wildman–Crippen LogP) is 1.79. The number of esters is 1. The Kier molecular flexibility index (Phi) is 5.84. The summed E-state index contributed by atoms with van der Waals surface area (Å²) in [5.41, 5.74) is 0. The number of hydrogen-bond acceptors (Lipinski definition) is 2. The molecule has 0 aliphatic rings. The fourth-order valence-corrected chi connectivity index (χ4v) is 0.900. The van der Waals surface area contributed by atoms with Crippen molar-refractivity contribution in [1.82, 2.24) is 0 Å². The van der Waals surface area contributed by atoms with Crippen molar-refractivity contribution in [3.8, 4) is 0 Å². The molecule has 0 aromatic carbocycles. The van der Waals surface area contributed by atoms with Crippen molar-refractivity contribution in [2.45, 2.75) is 18.2 Å². The fraction of sp³-hybridized carbons (Fsp3) is 0.833. The van der Waals surface area contributed by atoms with Crippen molar-refractivity contribution in [3.05, 3.63) is 0 Å². The lowest BCUT2D eigenvalue weighted by Crippen LogP contribution is -2.15. The topological polar surface area (TPSA) is 26.3 Å². The van der Waals surface area contributed by atoms with Crippen LogP contribution in [0.2, 0.25) is 0 Å². The van der Waals surface area contributed by atoms with E-state index in [-0.39, 0.29) is 5.97 Å². The van der Waals surface area contributed by atoms with Crippen LogP contribution in [0.4, 0.5) is 0 Å². The Balaban J connectivity index is 3.41. The van der Waals surface area contributed by atoms with Crippen LogP contribution in [0.15, 0.2) is 0 Å². The van der Waals surface area contributed by atoms with E-state index >= 15 is 0 Å². The summed E-state index contributed by atoms with van der Waals surface area (Å²) in [5, 5.41) is -0.538. The fourth-order valence-electron chi connectivity index (χ4n) is 0.502. The van der Waals surface area contributed by atoms with Crippen molar-refractivity contribution in [1.29, 1.82) is 0 Å². The quantitative estimate of drug-likeness (QED) is 0.493. The van der Waals surface area contributed by atoms with Crippen LogP contribution in [-0.2, 0) is 9.53 Å². The highest BCUT2D eigenvalue weighted by Crippen LogP contribution is 2.07. The number of hydrogen-bond donors (Lipinski definition) is 0. The minimum absolute atomic E-state index is 0.383. The zero-order valence-corrected chi connectivity index (χ0v) is 7.28. The van der Waals surface area contributed by atoms with Gasteiger partial charge < -0.3 is 4.74 Å². The Labute approximate surface area is 70.4 Å². The van der Waals surface area contributed by atoms with Crippen molar-refractivity contribution in [3.63, 3.8) is 0 Å². The van der Waals surface area contributed by atoms with Gasteiger partial charge in [-0.25, -0.2) is 0 Å². The van der Waals surface area contributed by atoms with Crippen molar-refractivity contribution >= 4 is 29.2 Å². The number of methoxy groups -OCH3 is 1. The summed E-state index contributed by atoms with van der Waals surface area (Å²) in [6, 6.07) is 0. The summed E-state index contributed by atoms with van der Waals surface area (Å²) in [5.74, 6) is 0.145. The van der Waals surface area contributed by atoms with E-state index in [4.69, 9.17) is 23.2 Å². The van der Waals surface area contributed by atoms with Crippen LogP contribution < -0.4 is 0 Å². The number of halogens is 2. The van der Waals surface area contributed by atoms with Crippen molar-refractivity contribution in [2.75, 3.05) is 13.0 Å². The van der Waals surface area contributed by atoms with Crippen LogP contribution in [-0.4, -0.2) is 24.3 Å². The second-order valence-electron chi connectivity index (χ2n) is 1.82. The summed E-state index contributed by atoms with van der Waals surface area (Å²) in [7, 11) is 1.32. The molecule has 0 aromatic rings. The molecule has 0 aromatic heterocycles. The highest BCUT2D eigenvalue weighted by Gasteiger charge is 2.13. The molecule has 0 spiro atoms. The van der Waals surface area contributed by atoms with Gasteiger partial charge in [0.2, 0.25) is 0 Å². The Hall–Kier alpha value is 0.0500. The molecule has 0 N–H and O–H groups in total. The molecule has 0 saturated heterocycles. The SMILES string of the molecule is COC(=O)C(Cl)CCCCl. The van der Waals surface area contributed by atoms with Gasteiger partial charge in [-0.3, -0.25) is 4.79 Å². The summed E-state index contributed by atoms with van der Waals surface area (Å²) >= 11 is 11.0. The Morgan fingerprint density at radius 1 is 1.70 bits per heavy atom. The van der Waals surface area contributed by atoms with Gasteiger partial charge in [0.1, 0.15) is 5.38 Å². The minimum Gasteiger partial charge on any atom is -0.468 e. The van der Waals surface area contributed by atoms with Gasteiger partial charge in [0.05, 0.1) is 7.11 Å². The predicted molar refractivity (Wildman–Crippen MR) is 41.6 cm³/mol. The van der Waals surface area contributed by atoms with E-state index in [2.05, 4.69) is 4.74 Å². The monoisotopic (exact) mass is 184 g/mol. The molecule has 0 amide bonds. The smallest absolute Gasteiger partial charge is 0.323 e. The largest absolute Gasteiger partial charge is 0.468 e. The van der Waals surface area contributed by atoms with E-state index < -0.39 is 5.38 Å². The molecule has 60 valence electrons. The first kappa shape index (κ1) is 10.0. The molecule has 0 bridgehead atoms. The minimum atomic E-state index is -0.538. The summed E-state index contributed by atoms with van der Waals surface area (Å²) < 4.78 is 4.40. The van der Waals surface area contributed by atoms with Gasteiger partial charge in [-0.05, 0) is 12.8 Å². The van der Waals surface area contributed by atoms with Crippen LogP contribution >= 0.6 is 23.2 Å². The van der Waals surface area contributed by atoms with Gasteiger partial charge in [-0.1, -0.05) is 0 Å². The summed E-state index contributed by atoms with van der Waals surface area (Å²) in [6.45, 7) is 0. The molecule has 0 radical (unpaired) electrons. The van der Waals surface area contributed by atoms with E-state index in [1.807, 2.05) is 0 Å². The molecule has 0 heterocycles. The molecule has 0 aliphatic heterocycles. The first-order chi connectivity index (χ1) is 4.72. The maximum absolute atomic E-state index is 10.6. The molecule has 2 nitrogen and oxygen atoms in total. The lowest BCUT2D eigenvalue weighted by molar-refractivity contribution is -0.140. The molecule has 1 atom stereocenters. The molecule has 10 heavy (non-hydrogen) atoms. The lowest BCUT2D eigenvalue weighted by Gasteiger charge is -2.03. The van der Waals surface area contributed by atoms with Gasteiger partial charge >= 0.3 is 5.97 Å². The molecule has 0 fully saturated rings. The number of carbonyl (C=O) groups excluding carboxylic acids is 1. The van der Waals surface area contributed by atoms with Gasteiger partial charge in [-0.15, -0.1) is 23.2 Å². The van der Waals surface area contributed by atoms with E-state index in [0.29, 0.717) is 12.3 Å². The van der Waals surface area contributed by atoms with Crippen molar-refractivity contribution < 1.29 is 9.53 Å². The lowest BCUT2D eigenvalue weighted by atomic mass is 10.2. The molecule has 4 heteroatoms. The summed E-state index contributed by atoms with van der Waals surface area (Å²) in [6.07, 6.45) is 1.32. The zero-order valence-electron chi connectivity index (χ0n) is 5.77. The highest BCUT2D eigenvalue weighted by atomic mass is 35.5. The zero-order chi connectivity index (χ0) is 7.98. The van der Waals surface area contributed by atoms with E-state index in [9.17, 15) is 4.79 Å². The molecule has 1 unspecified atom stereocenters. The van der Waals surface area contributed by atoms with Gasteiger partial charge in [0.25, 0.3) is 0 Å². The van der Waals surface area contributed by atoms with Crippen LogP contribution in [0.25, 0.3) is 0 Å². The molecule has 0 rings (SSSR count). The van der Waals surface area contributed by atoms with Gasteiger partial charge in [0, 0.05) is 5.88 Å². The van der Waals surface area contributed by atoms with Crippen LogP contribution in [0.5, 0.6) is 0 Å². The van der Waals surface area contributed by atoms with E-state index in [1.54, 1.807) is 0 Å². The second kappa shape index (κ2) is 5.81. The third-order valence-corrected chi connectivity index (χ3v) is 1.71. The maximum Gasteiger partial charge on any atom is 0.323 e. The van der Waals surface area contributed by atoms with Gasteiger partial charge in [-0.2, -0.15) is 0 Å². The molecular formula is C6H10Cl2O2.